The lowest BCUT2D eigenvalue weighted by molar-refractivity contribution is -0.130. The van der Waals surface area contributed by atoms with Gasteiger partial charge in [0.2, 0.25) is 0 Å². The van der Waals surface area contributed by atoms with E-state index in [9.17, 15) is 14.9 Å². The van der Waals surface area contributed by atoms with Gasteiger partial charge < -0.3 is 10.1 Å². The largest absolute Gasteiger partial charge is 0.447 e. The van der Waals surface area contributed by atoms with Crippen LogP contribution in [0.1, 0.15) is 61.0 Å². The Morgan fingerprint density at radius 3 is 2.67 bits per heavy atom. The van der Waals surface area contributed by atoms with Crippen molar-refractivity contribution in [2.75, 3.05) is 0 Å². The van der Waals surface area contributed by atoms with Gasteiger partial charge >= 0.3 is 5.97 Å². The average molecular weight is 370 g/mol. The highest BCUT2D eigenvalue weighted by atomic mass is 16.5. The maximum absolute atomic E-state index is 12.4. The lowest BCUT2D eigenvalue weighted by atomic mass is 9.83. The SMILES string of the molecule is Cc1cc(C)n2nc(C(=O)O[C@@H](C)C(=O)NC3(C#N)CCCCC3)nc2n1. The van der Waals surface area contributed by atoms with Gasteiger partial charge in [0.25, 0.3) is 17.5 Å². The number of carbonyl (C=O) groups excluding carboxylic acids is 2. The van der Waals surface area contributed by atoms with Crippen LogP contribution >= 0.6 is 0 Å². The Labute approximate surface area is 156 Å². The van der Waals surface area contributed by atoms with E-state index in [2.05, 4.69) is 26.5 Å². The number of carbonyl (C=O) groups is 2. The molecule has 1 aliphatic carbocycles. The molecule has 0 aliphatic heterocycles. The van der Waals surface area contributed by atoms with Gasteiger partial charge in [0.15, 0.2) is 6.10 Å². The summed E-state index contributed by atoms with van der Waals surface area (Å²) in [6.07, 6.45) is 2.98. The van der Waals surface area contributed by atoms with Gasteiger partial charge in [-0.25, -0.2) is 14.3 Å². The molecule has 9 nitrogen and oxygen atoms in total. The first kappa shape index (κ1) is 18.8. The minimum Gasteiger partial charge on any atom is -0.447 e. The summed E-state index contributed by atoms with van der Waals surface area (Å²) in [7, 11) is 0. The fourth-order valence-corrected chi connectivity index (χ4v) is 3.28. The van der Waals surface area contributed by atoms with E-state index in [1.807, 2.05) is 19.9 Å². The maximum Gasteiger partial charge on any atom is 0.379 e. The number of nitrogens with one attached hydrogen (secondary N) is 1. The predicted molar refractivity (Wildman–Crippen MR) is 94.7 cm³/mol. The summed E-state index contributed by atoms with van der Waals surface area (Å²) in [6.45, 7) is 5.11. The van der Waals surface area contributed by atoms with Crippen LogP contribution in [0.5, 0.6) is 0 Å². The third kappa shape index (κ3) is 3.89. The zero-order valence-corrected chi connectivity index (χ0v) is 15.7. The minimum absolute atomic E-state index is 0.163. The van der Waals surface area contributed by atoms with Crippen molar-refractivity contribution in [1.82, 2.24) is 24.9 Å². The highest BCUT2D eigenvalue weighted by Crippen LogP contribution is 2.27. The number of fused-ring (bicyclic) bond motifs is 1. The van der Waals surface area contributed by atoms with Crippen LogP contribution in [-0.4, -0.2) is 43.1 Å². The summed E-state index contributed by atoms with van der Waals surface area (Å²) in [6, 6.07) is 4.03. The second-order valence-electron chi connectivity index (χ2n) is 6.98. The first-order valence-corrected chi connectivity index (χ1v) is 8.99. The van der Waals surface area contributed by atoms with Gasteiger partial charge in [-0.2, -0.15) is 10.2 Å². The summed E-state index contributed by atoms with van der Waals surface area (Å²) >= 11 is 0. The second kappa shape index (κ2) is 7.31. The van der Waals surface area contributed by atoms with Crippen LogP contribution in [0.2, 0.25) is 0 Å². The zero-order valence-electron chi connectivity index (χ0n) is 15.7. The quantitative estimate of drug-likeness (QED) is 0.811. The number of ether oxygens (including phenoxy) is 1. The van der Waals surface area contributed by atoms with E-state index < -0.39 is 23.5 Å². The standard InChI is InChI=1S/C18H22N6O3/c1-11-9-12(2)24-17(20-11)21-14(23-24)16(26)27-13(3)15(25)22-18(10-19)7-5-4-6-8-18/h9,13H,4-8H2,1-3H3,(H,22,25)/t13-/m0/s1. The normalized spacial score (nSPS) is 17.1. The van der Waals surface area contributed by atoms with Crippen LogP contribution < -0.4 is 5.32 Å². The minimum atomic E-state index is -1.06. The molecule has 0 unspecified atom stereocenters. The smallest absolute Gasteiger partial charge is 0.379 e. The third-order valence-corrected chi connectivity index (χ3v) is 4.74. The summed E-state index contributed by atoms with van der Waals surface area (Å²) in [5.41, 5.74) is 0.660. The van der Waals surface area contributed by atoms with Crippen LogP contribution in [0.3, 0.4) is 0 Å². The third-order valence-electron chi connectivity index (χ3n) is 4.74. The number of hydrogen-bond acceptors (Lipinski definition) is 7. The van der Waals surface area contributed by atoms with E-state index >= 15 is 0 Å². The van der Waals surface area contributed by atoms with E-state index in [0.29, 0.717) is 18.6 Å². The molecule has 3 rings (SSSR count). The molecular weight excluding hydrogens is 348 g/mol. The number of rotatable bonds is 4. The predicted octanol–water partition coefficient (Wildman–Crippen LogP) is 1.63. The molecule has 0 radical (unpaired) electrons. The van der Waals surface area contributed by atoms with Gasteiger partial charge in [0.05, 0.1) is 6.07 Å². The van der Waals surface area contributed by atoms with Crippen molar-refractivity contribution in [3.05, 3.63) is 23.3 Å². The molecule has 1 fully saturated rings. The Bertz CT molecular complexity index is 923. The van der Waals surface area contributed by atoms with E-state index in [1.54, 1.807) is 0 Å². The molecule has 0 aromatic carbocycles. The van der Waals surface area contributed by atoms with Crippen molar-refractivity contribution in [2.45, 2.75) is 64.5 Å². The summed E-state index contributed by atoms with van der Waals surface area (Å²) in [4.78, 5) is 33.0. The Morgan fingerprint density at radius 2 is 2.00 bits per heavy atom. The lowest BCUT2D eigenvalue weighted by Crippen LogP contribution is -2.52. The van der Waals surface area contributed by atoms with E-state index in [4.69, 9.17) is 4.74 Å². The van der Waals surface area contributed by atoms with Gasteiger partial charge in [-0.05, 0) is 39.7 Å². The number of aryl methyl sites for hydroxylation is 2. The van der Waals surface area contributed by atoms with Crippen molar-refractivity contribution in [3.63, 3.8) is 0 Å². The zero-order chi connectivity index (χ0) is 19.6. The summed E-state index contributed by atoms with van der Waals surface area (Å²) in [5, 5.41) is 16.3. The number of esters is 1. The topological polar surface area (TPSA) is 122 Å². The molecule has 0 bridgehead atoms. The number of nitriles is 1. The van der Waals surface area contributed by atoms with Crippen molar-refractivity contribution in [1.29, 1.82) is 5.26 Å². The van der Waals surface area contributed by atoms with Gasteiger partial charge in [-0.3, -0.25) is 4.79 Å². The molecule has 9 heteroatoms. The molecular formula is C18H22N6O3. The first-order chi connectivity index (χ1) is 12.8. The van der Waals surface area contributed by atoms with Crippen LogP contribution in [0.4, 0.5) is 0 Å². The van der Waals surface area contributed by atoms with Gasteiger partial charge in [0.1, 0.15) is 5.54 Å². The molecule has 2 heterocycles. The summed E-state index contributed by atoms with van der Waals surface area (Å²) in [5.74, 6) is -1.18. The van der Waals surface area contributed by atoms with E-state index in [1.165, 1.54) is 11.4 Å². The van der Waals surface area contributed by atoms with Crippen molar-refractivity contribution in [3.8, 4) is 6.07 Å². The van der Waals surface area contributed by atoms with Gasteiger partial charge in [0, 0.05) is 11.4 Å². The molecule has 2 aromatic rings. The molecule has 1 N–H and O–H groups in total. The molecule has 1 saturated carbocycles. The molecule has 1 atom stereocenters. The Kier molecular flexibility index (Phi) is 5.08. The van der Waals surface area contributed by atoms with Crippen molar-refractivity contribution >= 4 is 17.7 Å². The second-order valence-corrected chi connectivity index (χ2v) is 6.98. The fourth-order valence-electron chi connectivity index (χ4n) is 3.28. The Morgan fingerprint density at radius 1 is 1.30 bits per heavy atom. The molecule has 27 heavy (non-hydrogen) atoms. The lowest BCUT2D eigenvalue weighted by Gasteiger charge is -2.32. The van der Waals surface area contributed by atoms with Gasteiger partial charge in [-0.15, -0.1) is 5.10 Å². The van der Waals surface area contributed by atoms with Crippen molar-refractivity contribution < 1.29 is 14.3 Å². The fraction of sp³-hybridized carbons (Fsp3) is 0.556. The Hall–Kier alpha value is -3.02. The maximum atomic E-state index is 12.4. The Balaban J connectivity index is 1.69. The number of nitrogens with zero attached hydrogens (tertiary/aromatic N) is 5. The monoisotopic (exact) mass is 370 g/mol. The molecule has 1 aliphatic rings. The van der Waals surface area contributed by atoms with Crippen molar-refractivity contribution in [2.24, 2.45) is 0 Å². The van der Waals surface area contributed by atoms with Crippen LogP contribution in [-0.2, 0) is 9.53 Å². The van der Waals surface area contributed by atoms with E-state index in [0.717, 1.165) is 30.7 Å². The molecule has 1 amide bonds. The molecule has 142 valence electrons. The number of aromatic nitrogens is 4. The molecule has 0 spiro atoms. The average Bonchev–Trinajstić information content (AvgIpc) is 3.07. The molecule has 0 saturated heterocycles. The van der Waals surface area contributed by atoms with Crippen LogP contribution in [0.25, 0.3) is 5.78 Å². The van der Waals surface area contributed by atoms with Crippen LogP contribution in [0.15, 0.2) is 6.07 Å². The van der Waals surface area contributed by atoms with E-state index in [-0.39, 0.29) is 5.82 Å². The molecule has 2 aromatic heterocycles. The number of hydrogen-bond donors (Lipinski definition) is 1. The van der Waals surface area contributed by atoms with Crippen LogP contribution in [0, 0.1) is 25.2 Å². The number of amides is 1. The highest BCUT2D eigenvalue weighted by Gasteiger charge is 2.35. The highest BCUT2D eigenvalue weighted by molar-refractivity contribution is 5.89. The first-order valence-electron chi connectivity index (χ1n) is 8.99. The van der Waals surface area contributed by atoms with Gasteiger partial charge in [-0.1, -0.05) is 19.3 Å². The summed E-state index contributed by atoms with van der Waals surface area (Å²) < 4.78 is 6.65.